The molecule has 0 saturated carbocycles. The standard InChI is InChI=1S/C18H14N4O3/c23-16(19-9-12-10-20-22-8-4-3-7-15(12)22)11-21-17(24)13-5-1-2-6-14(13)18(21)25/h1-8,10H,9,11H2,(H,19,23). The molecule has 1 aliphatic heterocycles. The van der Waals surface area contributed by atoms with Crippen LogP contribution in [0.3, 0.4) is 0 Å². The van der Waals surface area contributed by atoms with E-state index in [4.69, 9.17) is 0 Å². The summed E-state index contributed by atoms with van der Waals surface area (Å²) in [6, 6.07) is 12.2. The van der Waals surface area contributed by atoms with Gasteiger partial charge in [-0.1, -0.05) is 18.2 Å². The van der Waals surface area contributed by atoms with Gasteiger partial charge in [0, 0.05) is 18.3 Å². The zero-order valence-corrected chi connectivity index (χ0v) is 13.2. The third-order valence-corrected chi connectivity index (χ3v) is 4.16. The van der Waals surface area contributed by atoms with Gasteiger partial charge in [-0.25, -0.2) is 4.52 Å². The maximum atomic E-state index is 12.3. The van der Waals surface area contributed by atoms with Crippen molar-refractivity contribution in [1.29, 1.82) is 0 Å². The van der Waals surface area contributed by atoms with Crippen LogP contribution in [0.2, 0.25) is 0 Å². The second-order valence-electron chi connectivity index (χ2n) is 5.72. The lowest BCUT2D eigenvalue weighted by Gasteiger charge is -2.13. The Hall–Kier alpha value is -3.48. The topological polar surface area (TPSA) is 83.8 Å². The van der Waals surface area contributed by atoms with Gasteiger partial charge in [0.25, 0.3) is 11.8 Å². The molecule has 3 aromatic rings. The monoisotopic (exact) mass is 334 g/mol. The molecule has 0 spiro atoms. The zero-order chi connectivity index (χ0) is 17.4. The summed E-state index contributed by atoms with van der Waals surface area (Å²) in [6.45, 7) is -0.0267. The molecular weight excluding hydrogens is 320 g/mol. The quantitative estimate of drug-likeness (QED) is 0.728. The second-order valence-corrected chi connectivity index (χ2v) is 5.72. The number of rotatable bonds is 4. The predicted molar refractivity (Wildman–Crippen MR) is 88.8 cm³/mol. The Bertz CT molecular complexity index is 973. The number of pyridine rings is 1. The van der Waals surface area contributed by atoms with Gasteiger partial charge in [0.2, 0.25) is 5.91 Å². The zero-order valence-electron chi connectivity index (χ0n) is 13.2. The summed E-state index contributed by atoms with van der Waals surface area (Å²) >= 11 is 0. The molecule has 3 heterocycles. The predicted octanol–water partition coefficient (Wildman–Crippen LogP) is 1.25. The van der Waals surface area contributed by atoms with Gasteiger partial charge < -0.3 is 5.32 Å². The first kappa shape index (κ1) is 15.1. The Balaban J connectivity index is 1.43. The minimum absolute atomic E-state index is 0.273. The van der Waals surface area contributed by atoms with Crippen LogP contribution in [0.4, 0.5) is 0 Å². The molecule has 1 N–H and O–H groups in total. The number of hydrogen-bond donors (Lipinski definition) is 1. The van der Waals surface area contributed by atoms with Crippen molar-refractivity contribution in [1.82, 2.24) is 19.8 Å². The summed E-state index contributed by atoms with van der Waals surface area (Å²) in [7, 11) is 0. The molecule has 0 atom stereocenters. The molecule has 0 saturated heterocycles. The third kappa shape index (κ3) is 2.55. The van der Waals surface area contributed by atoms with Crippen LogP contribution in [-0.2, 0) is 11.3 Å². The molecule has 1 aromatic carbocycles. The Labute approximate surface area is 142 Å². The van der Waals surface area contributed by atoms with Crippen LogP contribution in [0.25, 0.3) is 5.52 Å². The summed E-state index contributed by atoms with van der Waals surface area (Å²) in [5, 5.41) is 6.93. The fourth-order valence-electron chi connectivity index (χ4n) is 2.90. The molecule has 0 radical (unpaired) electrons. The van der Waals surface area contributed by atoms with Gasteiger partial charge in [0.15, 0.2) is 0 Å². The molecule has 0 bridgehead atoms. The summed E-state index contributed by atoms with van der Waals surface area (Å²) in [6.07, 6.45) is 3.50. The van der Waals surface area contributed by atoms with Crippen molar-refractivity contribution >= 4 is 23.2 Å². The van der Waals surface area contributed by atoms with Crippen LogP contribution in [-0.4, -0.2) is 38.8 Å². The maximum Gasteiger partial charge on any atom is 0.262 e. The van der Waals surface area contributed by atoms with E-state index in [-0.39, 0.29) is 13.1 Å². The Morgan fingerprint density at radius 3 is 2.40 bits per heavy atom. The van der Waals surface area contributed by atoms with Crippen molar-refractivity contribution in [3.8, 4) is 0 Å². The van der Waals surface area contributed by atoms with Crippen molar-refractivity contribution in [3.05, 3.63) is 71.5 Å². The normalized spacial score (nSPS) is 13.4. The highest BCUT2D eigenvalue weighted by Crippen LogP contribution is 2.21. The lowest BCUT2D eigenvalue weighted by atomic mass is 10.1. The molecule has 4 rings (SSSR count). The Kier molecular flexibility index (Phi) is 3.53. The number of imide groups is 1. The largest absolute Gasteiger partial charge is 0.350 e. The van der Waals surface area contributed by atoms with Gasteiger partial charge in [0.05, 0.1) is 22.8 Å². The van der Waals surface area contributed by atoms with Crippen LogP contribution in [0.15, 0.2) is 54.9 Å². The van der Waals surface area contributed by atoms with Crippen LogP contribution in [0, 0.1) is 0 Å². The smallest absolute Gasteiger partial charge is 0.262 e. The van der Waals surface area contributed by atoms with E-state index in [0.29, 0.717) is 11.1 Å². The van der Waals surface area contributed by atoms with Crippen molar-refractivity contribution in [3.63, 3.8) is 0 Å². The lowest BCUT2D eigenvalue weighted by Crippen LogP contribution is -2.40. The van der Waals surface area contributed by atoms with E-state index >= 15 is 0 Å². The minimum Gasteiger partial charge on any atom is -0.350 e. The van der Waals surface area contributed by atoms with Crippen molar-refractivity contribution in [2.45, 2.75) is 6.54 Å². The number of fused-ring (bicyclic) bond motifs is 2. The Morgan fingerprint density at radius 1 is 1.00 bits per heavy atom. The third-order valence-electron chi connectivity index (χ3n) is 4.16. The molecule has 0 unspecified atom stereocenters. The van der Waals surface area contributed by atoms with E-state index in [2.05, 4.69) is 10.4 Å². The van der Waals surface area contributed by atoms with Crippen LogP contribution in [0.1, 0.15) is 26.3 Å². The molecule has 25 heavy (non-hydrogen) atoms. The maximum absolute atomic E-state index is 12.3. The van der Waals surface area contributed by atoms with Gasteiger partial charge in [-0.15, -0.1) is 0 Å². The number of carbonyl (C=O) groups excluding carboxylic acids is 3. The number of nitrogens with one attached hydrogen (secondary N) is 1. The van der Waals surface area contributed by atoms with Crippen molar-refractivity contribution in [2.75, 3.05) is 6.54 Å². The first-order valence-electron chi connectivity index (χ1n) is 7.78. The van der Waals surface area contributed by atoms with Crippen molar-refractivity contribution in [2.24, 2.45) is 0 Å². The van der Waals surface area contributed by atoms with Gasteiger partial charge in [-0.05, 0) is 24.3 Å². The number of aromatic nitrogens is 2. The van der Waals surface area contributed by atoms with Crippen molar-refractivity contribution < 1.29 is 14.4 Å². The molecule has 7 nitrogen and oxygen atoms in total. The van der Waals surface area contributed by atoms with Crippen LogP contribution >= 0.6 is 0 Å². The van der Waals surface area contributed by atoms with Gasteiger partial charge in [-0.2, -0.15) is 5.10 Å². The van der Waals surface area contributed by atoms with Gasteiger partial charge in [0.1, 0.15) is 6.54 Å². The summed E-state index contributed by atoms with van der Waals surface area (Å²) in [4.78, 5) is 37.7. The van der Waals surface area contributed by atoms with E-state index in [1.807, 2.05) is 24.4 Å². The SMILES string of the molecule is O=C(CN1C(=O)c2ccccc2C1=O)NCc1cnn2ccccc12. The molecule has 3 amide bonds. The molecular formula is C18H14N4O3. The highest BCUT2D eigenvalue weighted by molar-refractivity contribution is 6.22. The molecule has 2 aromatic heterocycles. The lowest BCUT2D eigenvalue weighted by molar-refractivity contribution is -0.121. The number of hydrogen-bond acceptors (Lipinski definition) is 4. The van der Waals surface area contributed by atoms with E-state index < -0.39 is 17.7 Å². The van der Waals surface area contributed by atoms with E-state index in [0.717, 1.165) is 16.0 Å². The van der Waals surface area contributed by atoms with Crippen LogP contribution in [0.5, 0.6) is 0 Å². The van der Waals surface area contributed by atoms with Gasteiger partial charge >= 0.3 is 0 Å². The average molecular weight is 334 g/mol. The van der Waals surface area contributed by atoms with Gasteiger partial charge in [-0.3, -0.25) is 19.3 Å². The second kappa shape index (κ2) is 5.86. The summed E-state index contributed by atoms with van der Waals surface area (Å²) in [5.41, 5.74) is 2.42. The highest BCUT2D eigenvalue weighted by Gasteiger charge is 2.36. The first-order chi connectivity index (χ1) is 12.1. The Morgan fingerprint density at radius 2 is 1.68 bits per heavy atom. The molecule has 0 aliphatic carbocycles. The summed E-state index contributed by atoms with van der Waals surface area (Å²) < 4.78 is 1.71. The van der Waals surface area contributed by atoms with E-state index in [1.54, 1.807) is 35.0 Å². The molecule has 124 valence electrons. The van der Waals surface area contributed by atoms with E-state index in [1.165, 1.54) is 0 Å². The fourth-order valence-corrected chi connectivity index (χ4v) is 2.90. The molecule has 0 fully saturated rings. The molecule has 7 heteroatoms. The minimum atomic E-state index is -0.438. The number of benzene rings is 1. The first-order valence-corrected chi connectivity index (χ1v) is 7.78. The highest BCUT2D eigenvalue weighted by atomic mass is 16.2. The average Bonchev–Trinajstić information content (AvgIpc) is 3.15. The number of carbonyl (C=O) groups is 3. The number of nitrogens with zero attached hydrogens (tertiary/aromatic N) is 3. The van der Waals surface area contributed by atoms with E-state index in [9.17, 15) is 14.4 Å². The number of amides is 3. The summed E-state index contributed by atoms with van der Waals surface area (Å²) in [5.74, 6) is -1.27. The van der Waals surface area contributed by atoms with Crippen LogP contribution < -0.4 is 5.32 Å². The molecule has 1 aliphatic rings. The fraction of sp³-hybridized carbons (Fsp3) is 0.111.